The summed E-state index contributed by atoms with van der Waals surface area (Å²) in [4.78, 5) is 18.7. The lowest BCUT2D eigenvalue weighted by atomic mass is 9.91. The van der Waals surface area contributed by atoms with Gasteiger partial charge in [0.1, 0.15) is 12.4 Å². The molecule has 0 spiro atoms. The van der Waals surface area contributed by atoms with Gasteiger partial charge in [-0.15, -0.1) is 0 Å². The van der Waals surface area contributed by atoms with Gasteiger partial charge < -0.3 is 10.1 Å². The summed E-state index contributed by atoms with van der Waals surface area (Å²) in [6.07, 6.45) is 7.43. The lowest BCUT2D eigenvalue weighted by Gasteiger charge is -2.35. The summed E-state index contributed by atoms with van der Waals surface area (Å²) in [5.41, 5.74) is 1.04. The third-order valence-electron chi connectivity index (χ3n) is 5.50. The Morgan fingerprint density at radius 3 is 2.71 bits per heavy atom. The molecule has 0 unspecified atom stereocenters. The molecule has 0 saturated carbocycles. The number of likely N-dealkylation sites (tertiary alicyclic amines) is 1. The summed E-state index contributed by atoms with van der Waals surface area (Å²) < 4.78 is 5.89. The number of hydrogen-bond acceptors (Lipinski definition) is 4. The zero-order valence-electron chi connectivity index (χ0n) is 16.7. The van der Waals surface area contributed by atoms with Gasteiger partial charge in [-0.25, -0.2) is 0 Å². The lowest BCUT2D eigenvalue weighted by Crippen LogP contribution is -2.42. The number of nitrogens with zero attached hydrogens (tertiary/aromatic N) is 2. The minimum atomic E-state index is 0.135. The molecule has 0 bridgehead atoms. The Balaban J connectivity index is 1.30. The van der Waals surface area contributed by atoms with Crippen molar-refractivity contribution in [3.63, 3.8) is 0 Å². The Morgan fingerprint density at radius 2 is 2.00 bits per heavy atom. The van der Waals surface area contributed by atoms with Crippen LogP contribution in [-0.4, -0.2) is 41.5 Å². The van der Waals surface area contributed by atoms with Crippen LogP contribution in [0.1, 0.15) is 38.2 Å². The maximum absolute atomic E-state index is 12.1. The van der Waals surface area contributed by atoms with Crippen molar-refractivity contribution < 1.29 is 9.53 Å². The Morgan fingerprint density at radius 1 is 1.21 bits per heavy atom. The largest absolute Gasteiger partial charge is 0.492 e. The molecule has 1 aromatic heterocycles. The minimum Gasteiger partial charge on any atom is -0.492 e. The highest BCUT2D eigenvalue weighted by atomic mass is 16.5. The van der Waals surface area contributed by atoms with Crippen LogP contribution in [0.3, 0.4) is 0 Å². The van der Waals surface area contributed by atoms with E-state index >= 15 is 0 Å². The molecule has 28 heavy (non-hydrogen) atoms. The van der Waals surface area contributed by atoms with E-state index in [-0.39, 0.29) is 5.91 Å². The van der Waals surface area contributed by atoms with Crippen LogP contribution in [0.5, 0.6) is 5.75 Å². The van der Waals surface area contributed by atoms with Gasteiger partial charge in [0.2, 0.25) is 5.91 Å². The van der Waals surface area contributed by atoms with Crippen molar-refractivity contribution in [3.05, 3.63) is 60.4 Å². The highest BCUT2D eigenvalue weighted by Crippen LogP contribution is 2.23. The van der Waals surface area contributed by atoms with E-state index < -0.39 is 0 Å². The summed E-state index contributed by atoms with van der Waals surface area (Å²) in [6.45, 7) is 5.67. The number of pyridine rings is 1. The van der Waals surface area contributed by atoms with Crippen molar-refractivity contribution in [2.24, 2.45) is 5.92 Å². The topological polar surface area (TPSA) is 54.5 Å². The van der Waals surface area contributed by atoms with E-state index in [1.165, 1.54) is 0 Å². The van der Waals surface area contributed by atoms with Crippen LogP contribution in [0, 0.1) is 5.92 Å². The molecule has 5 nitrogen and oxygen atoms in total. The molecule has 1 aliphatic heterocycles. The molecule has 1 atom stereocenters. The molecule has 2 heterocycles. The number of benzene rings is 1. The first-order valence-corrected chi connectivity index (χ1v) is 10.3. The third-order valence-corrected chi connectivity index (χ3v) is 5.50. The predicted molar refractivity (Wildman–Crippen MR) is 111 cm³/mol. The quantitative estimate of drug-likeness (QED) is 0.720. The molecule has 3 rings (SSSR count). The number of ether oxygens (including phenoxy) is 1. The molecule has 1 aliphatic rings. The number of para-hydroxylation sites is 1. The maximum Gasteiger partial charge on any atom is 0.220 e. The molecule has 1 N–H and O–H groups in total. The van der Waals surface area contributed by atoms with Gasteiger partial charge in [-0.3, -0.25) is 14.7 Å². The summed E-state index contributed by atoms with van der Waals surface area (Å²) in [7, 11) is 0. The SMILES string of the molecule is C[C@H](COc1ccccc1)N1CCC(CCC(=O)NCc2cccnc2)CC1. The standard InChI is InChI=1S/C23H31N3O2/c1-19(18-28-22-7-3-2-4-8-22)26-14-11-20(12-15-26)9-10-23(27)25-17-21-6-5-13-24-16-21/h2-8,13,16,19-20H,9-12,14-15,17-18H2,1H3,(H,25,27)/t19-/m1/s1. The van der Waals surface area contributed by atoms with Crippen molar-refractivity contribution in [1.82, 2.24) is 15.2 Å². The van der Waals surface area contributed by atoms with Crippen molar-refractivity contribution >= 4 is 5.91 Å². The Kier molecular flexibility index (Phi) is 7.85. The minimum absolute atomic E-state index is 0.135. The number of piperidine rings is 1. The monoisotopic (exact) mass is 381 g/mol. The van der Waals surface area contributed by atoms with E-state index in [1.807, 2.05) is 42.5 Å². The molecule has 1 aromatic carbocycles. The molecule has 1 amide bonds. The van der Waals surface area contributed by atoms with Crippen LogP contribution in [0.4, 0.5) is 0 Å². The van der Waals surface area contributed by atoms with Crippen LogP contribution in [0.2, 0.25) is 0 Å². The van der Waals surface area contributed by atoms with E-state index in [0.29, 0.717) is 31.5 Å². The summed E-state index contributed by atoms with van der Waals surface area (Å²) in [5.74, 6) is 1.71. The lowest BCUT2D eigenvalue weighted by molar-refractivity contribution is -0.121. The Bertz CT molecular complexity index is 700. The smallest absolute Gasteiger partial charge is 0.220 e. The second-order valence-electron chi connectivity index (χ2n) is 7.63. The molecule has 1 saturated heterocycles. The van der Waals surface area contributed by atoms with Gasteiger partial charge >= 0.3 is 0 Å². The predicted octanol–water partition coefficient (Wildman–Crippen LogP) is 3.66. The van der Waals surface area contributed by atoms with Gasteiger partial charge in [0.25, 0.3) is 0 Å². The fourth-order valence-electron chi connectivity index (χ4n) is 3.65. The molecule has 150 valence electrons. The number of aromatic nitrogens is 1. The Hall–Kier alpha value is -2.40. The normalized spacial score (nSPS) is 16.5. The first-order chi connectivity index (χ1) is 13.7. The van der Waals surface area contributed by atoms with E-state index in [4.69, 9.17) is 4.74 Å². The number of rotatable bonds is 9. The van der Waals surface area contributed by atoms with E-state index in [9.17, 15) is 4.79 Å². The van der Waals surface area contributed by atoms with Crippen LogP contribution >= 0.6 is 0 Å². The zero-order valence-corrected chi connectivity index (χ0v) is 16.7. The van der Waals surface area contributed by atoms with Gasteiger partial charge in [0.15, 0.2) is 0 Å². The fraction of sp³-hybridized carbons (Fsp3) is 0.478. The highest BCUT2D eigenvalue weighted by Gasteiger charge is 2.23. The summed E-state index contributed by atoms with van der Waals surface area (Å²) >= 11 is 0. The number of amides is 1. The average Bonchev–Trinajstić information content (AvgIpc) is 2.76. The molecule has 0 radical (unpaired) electrons. The van der Waals surface area contributed by atoms with Gasteiger partial charge in [-0.05, 0) is 69.0 Å². The zero-order chi connectivity index (χ0) is 19.6. The first kappa shape index (κ1) is 20.3. The number of nitrogens with one attached hydrogen (secondary N) is 1. The molecule has 1 fully saturated rings. The van der Waals surface area contributed by atoms with Gasteiger partial charge in [0, 0.05) is 31.4 Å². The third kappa shape index (κ3) is 6.64. The van der Waals surface area contributed by atoms with Crippen LogP contribution in [0.25, 0.3) is 0 Å². The van der Waals surface area contributed by atoms with Crippen molar-refractivity contribution in [2.75, 3.05) is 19.7 Å². The number of hydrogen-bond donors (Lipinski definition) is 1. The van der Waals surface area contributed by atoms with Crippen LogP contribution in [0.15, 0.2) is 54.9 Å². The second-order valence-corrected chi connectivity index (χ2v) is 7.63. The second kappa shape index (κ2) is 10.8. The summed E-state index contributed by atoms with van der Waals surface area (Å²) in [6, 6.07) is 14.3. The van der Waals surface area contributed by atoms with E-state index in [2.05, 4.69) is 22.1 Å². The van der Waals surface area contributed by atoms with E-state index in [1.54, 1.807) is 12.4 Å². The number of carbonyl (C=O) groups is 1. The maximum atomic E-state index is 12.1. The Labute approximate surface area is 168 Å². The van der Waals surface area contributed by atoms with Gasteiger partial charge in [-0.2, -0.15) is 0 Å². The van der Waals surface area contributed by atoms with Crippen LogP contribution in [-0.2, 0) is 11.3 Å². The molecule has 5 heteroatoms. The van der Waals surface area contributed by atoms with Crippen molar-refractivity contribution in [3.8, 4) is 5.75 Å². The molecule has 0 aliphatic carbocycles. The first-order valence-electron chi connectivity index (χ1n) is 10.3. The number of carbonyl (C=O) groups excluding carboxylic acids is 1. The van der Waals surface area contributed by atoms with Crippen molar-refractivity contribution in [2.45, 2.75) is 45.2 Å². The summed E-state index contributed by atoms with van der Waals surface area (Å²) in [5, 5.41) is 2.99. The highest BCUT2D eigenvalue weighted by molar-refractivity contribution is 5.75. The average molecular weight is 382 g/mol. The fourth-order valence-corrected chi connectivity index (χ4v) is 3.65. The molecular weight excluding hydrogens is 350 g/mol. The van der Waals surface area contributed by atoms with Crippen LogP contribution < -0.4 is 10.1 Å². The van der Waals surface area contributed by atoms with Gasteiger partial charge in [-0.1, -0.05) is 24.3 Å². The molecular formula is C23H31N3O2. The van der Waals surface area contributed by atoms with E-state index in [0.717, 1.165) is 43.7 Å². The van der Waals surface area contributed by atoms with Gasteiger partial charge in [0.05, 0.1) is 0 Å². The van der Waals surface area contributed by atoms with Crippen molar-refractivity contribution in [1.29, 1.82) is 0 Å². The molecule has 2 aromatic rings.